The summed E-state index contributed by atoms with van der Waals surface area (Å²) in [7, 11) is 1.67. The summed E-state index contributed by atoms with van der Waals surface area (Å²) in [6, 6.07) is 7.94. The van der Waals surface area contributed by atoms with Crippen LogP contribution in [-0.4, -0.2) is 37.7 Å². The number of hydrogen-bond acceptors (Lipinski definition) is 2. The predicted octanol–water partition coefficient (Wildman–Crippen LogP) is 3.22. The Labute approximate surface area is 125 Å². The van der Waals surface area contributed by atoms with Crippen LogP contribution in [0, 0.1) is 0 Å². The predicted molar refractivity (Wildman–Crippen MR) is 80.0 cm³/mol. The zero-order valence-corrected chi connectivity index (χ0v) is 12.5. The molecule has 0 saturated carbocycles. The molecule has 1 aliphatic heterocycles. The lowest BCUT2D eigenvalue weighted by Crippen LogP contribution is -2.40. The molecule has 1 aromatic rings. The van der Waals surface area contributed by atoms with Crippen LogP contribution in [0.1, 0.15) is 30.9 Å². The van der Waals surface area contributed by atoms with Crippen LogP contribution < -0.4 is 5.32 Å². The molecule has 0 unspecified atom stereocenters. The number of carbonyl (C=O) groups is 1. The van der Waals surface area contributed by atoms with E-state index in [0.29, 0.717) is 13.2 Å². The van der Waals surface area contributed by atoms with Crippen LogP contribution in [0.3, 0.4) is 0 Å². The van der Waals surface area contributed by atoms with Gasteiger partial charge in [0.1, 0.15) is 0 Å². The Morgan fingerprint density at radius 1 is 1.45 bits per heavy atom. The molecule has 5 heteroatoms. The summed E-state index contributed by atoms with van der Waals surface area (Å²) in [6.07, 6.45) is 2.88. The number of ether oxygens (including phenoxy) is 1. The lowest BCUT2D eigenvalue weighted by atomic mass is 10.1. The number of benzene rings is 1. The topological polar surface area (TPSA) is 41.6 Å². The molecule has 1 saturated heterocycles. The number of likely N-dealkylation sites (tertiary alicyclic amines) is 1. The molecule has 0 radical (unpaired) electrons. The number of urea groups is 1. The summed E-state index contributed by atoms with van der Waals surface area (Å²) < 4.78 is 4.97. The van der Waals surface area contributed by atoms with Crippen molar-refractivity contribution in [3.8, 4) is 0 Å². The Morgan fingerprint density at radius 3 is 2.90 bits per heavy atom. The largest absolute Gasteiger partial charge is 0.385 e. The second-order valence-corrected chi connectivity index (χ2v) is 5.42. The number of nitrogens with one attached hydrogen (secondary N) is 1. The maximum absolute atomic E-state index is 12.2. The van der Waals surface area contributed by atoms with Crippen molar-refractivity contribution >= 4 is 17.6 Å². The first-order valence-electron chi connectivity index (χ1n) is 7.01. The van der Waals surface area contributed by atoms with Crippen LogP contribution in [-0.2, 0) is 4.74 Å². The van der Waals surface area contributed by atoms with Crippen LogP contribution in [0.2, 0.25) is 5.02 Å². The first-order valence-corrected chi connectivity index (χ1v) is 7.39. The zero-order valence-electron chi connectivity index (χ0n) is 11.8. The molecule has 1 aliphatic rings. The van der Waals surface area contributed by atoms with E-state index in [9.17, 15) is 4.79 Å². The van der Waals surface area contributed by atoms with Gasteiger partial charge in [0.15, 0.2) is 0 Å². The molecule has 1 heterocycles. The minimum Gasteiger partial charge on any atom is -0.385 e. The van der Waals surface area contributed by atoms with Crippen LogP contribution in [0.4, 0.5) is 4.79 Å². The quantitative estimate of drug-likeness (QED) is 0.848. The van der Waals surface area contributed by atoms with Gasteiger partial charge in [-0.15, -0.1) is 0 Å². The molecular formula is C15H21ClN2O2. The van der Waals surface area contributed by atoms with Gasteiger partial charge < -0.3 is 15.0 Å². The van der Waals surface area contributed by atoms with Crippen molar-refractivity contribution in [2.75, 3.05) is 26.8 Å². The molecule has 0 bridgehead atoms. The summed E-state index contributed by atoms with van der Waals surface area (Å²) >= 11 is 5.91. The SMILES string of the molecule is COCCCNC(=O)N1CCC[C@@H]1c1ccc(Cl)cc1. The van der Waals surface area contributed by atoms with Gasteiger partial charge in [-0.1, -0.05) is 23.7 Å². The fraction of sp³-hybridized carbons (Fsp3) is 0.533. The highest BCUT2D eigenvalue weighted by Gasteiger charge is 2.29. The molecule has 1 aromatic carbocycles. The minimum absolute atomic E-state index is 0.0125. The Balaban J connectivity index is 1.93. The van der Waals surface area contributed by atoms with Crippen molar-refractivity contribution in [1.29, 1.82) is 0 Å². The van der Waals surface area contributed by atoms with Crippen molar-refractivity contribution in [2.24, 2.45) is 0 Å². The van der Waals surface area contributed by atoms with Gasteiger partial charge >= 0.3 is 6.03 Å². The molecular weight excluding hydrogens is 276 g/mol. The van der Waals surface area contributed by atoms with Gasteiger partial charge in [0.25, 0.3) is 0 Å². The molecule has 1 N–H and O–H groups in total. The molecule has 110 valence electrons. The zero-order chi connectivity index (χ0) is 14.4. The van der Waals surface area contributed by atoms with Gasteiger partial charge in [0.05, 0.1) is 6.04 Å². The van der Waals surface area contributed by atoms with Crippen molar-refractivity contribution in [2.45, 2.75) is 25.3 Å². The highest BCUT2D eigenvalue weighted by Crippen LogP contribution is 2.32. The first kappa shape index (κ1) is 15.1. The Morgan fingerprint density at radius 2 is 2.20 bits per heavy atom. The molecule has 4 nitrogen and oxygen atoms in total. The summed E-state index contributed by atoms with van der Waals surface area (Å²) in [5.41, 5.74) is 1.15. The van der Waals surface area contributed by atoms with E-state index < -0.39 is 0 Å². The third-order valence-electron chi connectivity index (χ3n) is 3.57. The van der Waals surface area contributed by atoms with Gasteiger partial charge in [-0.25, -0.2) is 4.79 Å². The van der Waals surface area contributed by atoms with E-state index >= 15 is 0 Å². The Kier molecular flexibility index (Phi) is 5.68. The number of rotatable bonds is 5. The van der Waals surface area contributed by atoms with E-state index in [1.165, 1.54) is 0 Å². The molecule has 2 amide bonds. The maximum Gasteiger partial charge on any atom is 0.317 e. The summed E-state index contributed by atoms with van der Waals surface area (Å²) in [5, 5.41) is 3.68. The lowest BCUT2D eigenvalue weighted by molar-refractivity contribution is 0.182. The molecule has 20 heavy (non-hydrogen) atoms. The van der Waals surface area contributed by atoms with Crippen LogP contribution >= 0.6 is 11.6 Å². The second-order valence-electron chi connectivity index (χ2n) is 4.98. The van der Waals surface area contributed by atoms with E-state index in [2.05, 4.69) is 5.32 Å². The van der Waals surface area contributed by atoms with E-state index in [4.69, 9.17) is 16.3 Å². The van der Waals surface area contributed by atoms with E-state index in [0.717, 1.165) is 36.4 Å². The summed E-state index contributed by atoms with van der Waals surface area (Å²) in [6.45, 7) is 2.13. The second kappa shape index (κ2) is 7.50. The van der Waals surface area contributed by atoms with Crippen molar-refractivity contribution in [3.63, 3.8) is 0 Å². The lowest BCUT2D eigenvalue weighted by Gasteiger charge is -2.25. The van der Waals surface area contributed by atoms with Crippen LogP contribution in [0.5, 0.6) is 0 Å². The van der Waals surface area contributed by atoms with E-state index in [1.807, 2.05) is 29.2 Å². The van der Waals surface area contributed by atoms with Crippen LogP contribution in [0.15, 0.2) is 24.3 Å². The number of nitrogens with zero attached hydrogens (tertiary/aromatic N) is 1. The summed E-state index contributed by atoms with van der Waals surface area (Å²) in [4.78, 5) is 14.1. The monoisotopic (exact) mass is 296 g/mol. The third kappa shape index (κ3) is 3.87. The van der Waals surface area contributed by atoms with Gasteiger partial charge in [-0.3, -0.25) is 0 Å². The van der Waals surface area contributed by atoms with Gasteiger partial charge in [-0.2, -0.15) is 0 Å². The van der Waals surface area contributed by atoms with E-state index in [1.54, 1.807) is 7.11 Å². The number of amides is 2. The van der Waals surface area contributed by atoms with E-state index in [-0.39, 0.29) is 12.1 Å². The maximum atomic E-state index is 12.2. The smallest absolute Gasteiger partial charge is 0.317 e. The van der Waals surface area contributed by atoms with Crippen molar-refractivity contribution in [1.82, 2.24) is 10.2 Å². The first-order chi connectivity index (χ1) is 9.72. The standard InChI is InChI=1S/C15H21ClN2O2/c1-20-11-3-9-17-15(19)18-10-2-4-14(18)12-5-7-13(16)8-6-12/h5-8,14H,2-4,9-11H2,1H3,(H,17,19)/t14-/m1/s1. The highest BCUT2D eigenvalue weighted by atomic mass is 35.5. The average molecular weight is 297 g/mol. The van der Waals surface area contributed by atoms with Crippen LogP contribution in [0.25, 0.3) is 0 Å². The molecule has 1 fully saturated rings. The Bertz CT molecular complexity index is 436. The number of hydrogen-bond donors (Lipinski definition) is 1. The number of halogens is 1. The fourth-order valence-electron chi connectivity index (χ4n) is 2.55. The molecule has 0 spiro atoms. The highest BCUT2D eigenvalue weighted by molar-refractivity contribution is 6.30. The molecule has 1 atom stereocenters. The molecule has 0 aliphatic carbocycles. The van der Waals surface area contributed by atoms with Gasteiger partial charge in [0, 0.05) is 31.8 Å². The minimum atomic E-state index is 0.0125. The molecule has 2 rings (SSSR count). The number of carbonyl (C=O) groups excluding carboxylic acids is 1. The van der Waals surface area contributed by atoms with Gasteiger partial charge in [0.2, 0.25) is 0 Å². The number of methoxy groups -OCH3 is 1. The van der Waals surface area contributed by atoms with Crippen molar-refractivity contribution < 1.29 is 9.53 Å². The third-order valence-corrected chi connectivity index (χ3v) is 3.82. The average Bonchev–Trinajstić information content (AvgIpc) is 2.93. The normalized spacial score (nSPS) is 18.3. The fourth-order valence-corrected chi connectivity index (χ4v) is 2.68. The summed E-state index contributed by atoms with van der Waals surface area (Å²) in [5.74, 6) is 0. The van der Waals surface area contributed by atoms with Gasteiger partial charge in [-0.05, 0) is 37.0 Å². The van der Waals surface area contributed by atoms with Crippen molar-refractivity contribution in [3.05, 3.63) is 34.9 Å². The Hall–Kier alpha value is -1.26. The molecule has 0 aromatic heterocycles.